The van der Waals surface area contributed by atoms with Crippen molar-refractivity contribution >= 4 is 27.6 Å². The minimum atomic E-state index is -3.60. The number of rotatable bonds is 7. The van der Waals surface area contributed by atoms with Gasteiger partial charge in [0.2, 0.25) is 15.9 Å². The first kappa shape index (κ1) is 24.1. The van der Waals surface area contributed by atoms with Crippen molar-refractivity contribution in [3.05, 3.63) is 83.2 Å². The van der Waals surface area contributed by atoms with Gasteiger partial charge in [0.1, 0.15) is 30.5 Å². The summed E-state index contributed by atoms with van der Waals surface area (Å²) in [6.07, 6.45) is 0.909. The first-order valence-corrected chi connectivity index (χ1v) is 13.3. The molecule has 0 unspecified atom stereocenters. The monoisotopic (exact) mass is 511 g/mol. The number of sulfonamides is 1. The van der Waals surface area contributed by atoms with Gasteiger partial charge in [0.05, 0.1) is 11.3 Å². The van der Waals surface area contributed by atoms with Gasteiger partial charge in [-0.25, -0.2) is 17.6 Å². The van der Waals surface area contributed by atoms with Crippen molar-refractivity contribution in [2.24, 2.45) is 0 Å². The maximum Gasteiger partial charge on any atom is 0.415 e. The van der Waals surface area contributed by atoms with Crippen molar-refractivity contribution in [1.82, 2.24) is 4.98 Å². The third-order valence-corrected chi connectivity index (χ3v) is 7.95. The van der Waals surface area contributed by atoms with Crippen LogP contribution < -0.4 is 14.4 Å². The Bertz CT molecular complexity index is 1360. The zero-order valence-corrected chi connectivity index (χ0v) is 20.5. The summed E-state index contributed by atoms with van der Waals surface area (Å²) in [5.74, 6) is -0.0928. The Hall–Kier alpha value is -3.66. The van der Waals surface area contributed by atoms with Gasteiger partial charge >= 0.3 is 6.09 Å². The molecule has 1 amide bonds. The predicted octanol–water partition coefficient (Wildman–Crippen LogP) is 4.64. The molecule has 2 heterocycles. The highest BCUT2D eigenvalue weighted by Crippen LogP contribution is 2.38. The topological polar surface area (TPSA) is 97.8 Å². The Labute approximate surface area is 209 Å². The molecule has 1 aromatic heterocycles. The van der Waals surface area contributed by atoms with Gasteiger partial charge in [-0.2, -0.15) is 4.98 Å². The summed E-state index contributed by atoms with van der Waals surface area (Å²) in [5.41, 5.74) is 2.53. The van der Waals surface area contributed by atoms with E-state index in [4.69, 9.17) is 9.47 Å². The fraction of sp³-hybridized carbons (Fsp3) is 0.308. The van der Waals surface area contributed by atoms with Crippen molar-refractivity contribution in [3.8, 4) is 5.88 Å². The van der Waals surface area contributed by atoms with Gasteiger partial charge in [0, 0.05) is 12.0 Å². The van der Waals surface area contributed by atoms with Crippen molar-refractivity contribution in [3.63, 3.8) is 0 Å². The fourth-order valence-corrected chi connectivity index (χ4v) is 5.39. The second-order valence-corrected chi connectivity index (χ2v) is 11.0. The zero-order valence-electron chi connectivity index (χ0n) is 19.7. The van der Waals surface area contributed by atoms with Crippen LogP contribution in [0.15, 0.2) is 60.7 Å². The first-order chi connectivity index (χ1) is 17.3. The quantitative estimate of drug-likeness (QED) is 0.496. The Kier molecular flexibility index (Phi) is 6.53. The number of ether oxygens (including phenoxy) is 2. The maximum atomic E-state index is 13.4. The highest BCUT2D eigenvalue weighted by atomic mass is 32.2. The van der Waals surface area contributed by atoms with E-state index in [0.717, 1.165) is 11.1 Å². The van der Waals surface area contributed by atoms with Gasteiger partial charge in [-0.15, -0.1) is 0 Å². The van der Waals surface area contributed by atoms with Crippen LogP contribution in [0.3, 0.4) is 0 Å². The SMILES string of the molecule is C[C@H]1COc2nc(NS(=O)(=O)C3CC3)c(Cc3ccc(F)cc3)cc2N1C(=O)OCc1ccccc1. The van der Waals surface area contributed by atoms with Gasteiger partial charge in [-0.05, 0) is 49.1 Å². The lowest BCUT2D eigenvalue weighted by molar-refractivity contribution is 0.139. The second-order valence-electron chi connectivity index (χ2n) is 9.04. The summed E-state index contributed by atoms with van der Waals surface area (Å²) < 4.78 is 52.8. The number of hydrogen-bond donors (Lipinski definition) is 1. The third-order valence-electron chi connectivity index (χ3n) is 6.12. The molecule has 188 valence electrons. The van der Waals surface area contributed by atoms with Gasteiger partial charge in [-0.3, -0.25) is 9.62 Å². The molecule has 10 heteroatoms. The number of carbonyl (C=O) groups excluding carboxylic acids is 1. The average Bonchev–Trinajstić information content (AvgIpc) is 3.71. The van der Waals surface area contributed by atoms with E-state index in [9.17, 15) is 17.6 Å². The molecule has 1 saturated carbocycles. The number of nitrogens with zero attached hydrogens (tertiary/aromatic N) is 2. The van der Waals surface area contributed by atoms with Crippen molar-refractivity contribution in [1.29, 1.82) is 0 Å². The fourth-order valence-electron chi connectivity index (χ4n) is 4.02. The lowest BCUT2D eigenvalue weighted by Gasteiger charge is -2.34. The summed E-state index contributed by atoms with van der Waals surface area (Å²) in [5, 5.41) is -0.445. The number of fused-ring (bicyclic) bond motifs is 1. The highest BCUT2D eigenvalue weighted by molar-refractivity contribution is 7.93. The van der Waals surface area contributed by atoms with Crippen LogP contribution in [0.1, 0.15) is 36.5 Å². The number of benzene rings is 2. The number of amides is 1. The van der Waals surface area contributed by atoms with Crippen LogP contribution in [0.25, 0.3) is 0 Å². The van der Waals surface area contributed by atoms with E-state index in [1.165, 1.54) is 17.0 Å². The number of carbonyl (C=O) groups is 1. The minimum absolute atomic E-state index is 0.105. The van der Waals surface area contributed by atoms with Crippen LogP contribution >= 0.6 is 0 Å². The smallest absolute Gasteiger partial charge is 0.415 e. The molecule has 0 radical (unpaired) electrons. The van der Waals surface area contributed by atoms with Gasteiger partial charge < -0.3 is 9.47 Å². The summed E-state index contributed by atoms with van der Waals surface area (Å²) in [6.45, 7) is 2.11. The summed E-state index contributed by atoms with van der Waals surface area (Å²) in [4.78, 5) is 19.1. The van der Waals surface area contributed by atoms with E-state index < -0.39 is 21.4 Å². The molecule has 8 nitrogen and oxygen atoms in total. The minimum Gasteiger partial charge on any atom is -0.474 e. The number of nitrogens with one attached hydrogen (secondary N) is 1. The Balaban J connectivity index is 1.48. The average molecular weight is 512 g/mol. The maximum absolute atomic E-state index is 13.4. The van der Waals surface area contributed by atoms with Gasteiger partial charge in [0.15, 0.2) is 0 Å². The van der Waals surface area contributed by atoms with Crippen LogP contribution in [-0.4, -0.2) is 37.4 Å². The molecule has 2 aliphatic rings. The summed E-state index contributed by atoms with van der Waals surface area (Å²) in [7, 11) is -3.60. The molecule has 1 aliphatic heterocycles. The highest BCUT2D eigenvalue weighted by Gasteiger charge is 2.38. The Morgan fingerprint density at radius 1 is 1.14 bits per heavy atom. The van der Waals surface area contributed by atoms with Crippen molar-refractivity contribution in [2.75, 3.05) is 16.2 Å². The molecule has 3 aromatic rings. The molecular weight excluding hydrogens is 485 g/mol. The molecule has 5 rings (SSSR count). The van der Waals surface area contributed by atoms with Crippen LogP contribution in [0.4, 0.5) is 20.7 Å². The lowest BCUT2D eigenvalue weighted by atomic mass is 10.0. The second kappa shape index (κ2) is 9.77. The van der Waals surface area contributed by atoms with Crippen LogP contribution in [0.5, 0.6) is 5.88 Å². The van der Waals surface area contributed by atoms with E-state index in [1.54, 1.807) is 18.2 Å². The molecule has 1 fully saturated rings. The number of pyridine rings is 1. The Morgan fingerprint density at radius 2 is 1.86 bits per heavy atom. The predicted molar refractivity (Wildman–Crippen MR) is 133 cm³/mol. The molecule has 1 N–H and O–H groups in total. The third kappa shape index (κ3) is 5.28. The van der Waals surface area contributed by atoms with E-state index >= 15 is 0 Å². The standard InChI is InChI=1S/C26H26FN3O5S/c1-17-15-34-25-23(30(17)26(31)35-16-19-5-3-2-4-6-19)14-20(13-18-7-9-21(27)10-8-18)24(28-25)29-36(32,33)22-11-12-22/h2-10,14,17,22H,11-13,15-16H2,1H3,(H,28,29)/t17-/m0/s1. The van der Waals surface area contributed by atoms with Crippen molar-refractivity contribution in [2.45, 2.75) is 44.1 Å². The zero-order chi connectivity index (χ0) is 25.3. The largest absolute Gasteiger partial charge is 0.474 e. The summed E-state index contributed by atoms with van der Waals surface area (Å²) in [6, 6.07) is 16.6. The van der Waals surface area contributed by atoms with Crippen LogP contribution in [0.2, 0.25) is 0 Å². The van der Waals surface area contributed by atoms with E-state index in [0.29, 0.717) is 24.1 Å². The van der Waals surface area contributed by atoms with Gasteiger partial charge in [0.25, 0.3) is 0 Å². The summed E-state index contributed by atoms with van der Waals surface area (Å²) >= 11 is 0. The van der Waals surface area contributed by atoms with E-state index in [2.05, 4.69) is 9.71 Å². The normalized spacial score (nSPS) is 17.2. The van der Waals surface area contributed by atoms with Crippen LogP contribution in [-0.2, 0) is 27.8 Å². The van der Waals surface area contributed by atoms with Crippen molar-refractivity contribution < 1.29 is 27.1 Å². The molecule has 2 aromatic carbocycles. The molecule has 0 bridgehead atoms. The molecule has 1 aliphatic carbocycles. The van der Waals surface area contributed by atoms with Gasteiger partial charge in [-0.1, -0.05) is 42.5 Å². The number of anilines is 2. The molecule has 0 saturated heterocycles. The molecular formula is C26H26FN3O5S. The first-order valence-electron chi connectivity index (χ1n) is 11.7. The van der Waals surface area contributed by atoms with E-state index in [1.807, 2.05) is 37.3 Å². The van der Waals surface area contributed by atoms with E-state index in [-0.39, 0.29) is 43.2 Å². The van der Waals surface area contributed by atoms with Crippen LogP contribution in [0, 0.1) is 5.82 Å². The molecule has 0 spiro atoms. The number of hydrogen-bond acceptors (Lipinski definition) is 6. The molecule has 36 heavy (non-hydrogen) atoms. The lowest BCUT2D eigenvalue weighted by Crippen LogP contribution is -2.45. The Morgan fingerprint density at radius 3 is 2.56 bits per heavy atom. The molecule has 1 atom stereocenters. The number of halogens is 1. The number of aromatic nitrogens is 1.